The van der Waals surface area contributed by atoms with Gasteiger partial charge >= 0.3 is 5.69 Å². The second-order valence-corrected chi connectivity index (χ2v) is 4.84. The molecule has 9 nitrogen and oxygen atoms in total. The Balaban J connectivity index is 2.40. The van der Waals surface area contributed by atoms with Gasteiger partial charge in [-0.3, -0.25) is 14.3 Å². The third kappa shape index (κ3) is 2.81. The summed E-state index contributed by atoms with van der Waals surface area (Å²) in [5.74, 6) is 0.779. The zero-order valence-corrected chi connectivity index (χ0v) is 12.3. The van der Waals surface area contributed by atoms with E-state index in [9.17, 15) is 9.59 Å². The molecule has 0 saturated heterocycles. The summed E-state index contributed by atoms with van der Waals surface area (Å²) < 4.78 is 3.08. The van der Waals surface area contributed by atoms with E-state index in [2.05, 4.69) is 20.5 Å². The first-order valence-electron chi connectivity index (χ1n) is 6.68. The van der Waals surface area contributed by atoms with E-state index in [1.165, 1.54) is 4.57 Å². The van der Waals surface area contributed by atoms with Gasteiger partial charge in [-0.25, -0.2) is 4.79 Å². The molecule has 0 spiro atoms. The predicted molar refractivity (Wildman–Crippen MR) is 79.1 cm³/mol. The maximum atomic E-state index is 12.0. The minimum absolute atomic E-state index is 0.125. The Morgan fingerprint density at radius 1 is 1.48 bits per heavy atom. The third-order valence-corrected chi connectivity index (χ3v) is 3.18. The summed E-state index contributed by atoms with van der Waals surface area (Å²) in [4.78, 5) is 26.0. The zero-order valence-electron chi connectivity index (χ0n) is 12.3. The highest BCUT2D eigenvalue weighted by Crippen LogP contribution is 2.18. The monoisotopic (exact) mass is 293 g/mol. The first-order chi connectivity index (χ1) is 9.95. The van der Waals surface area contributed by atoms with Crippen LogP contribution in [0.25, 0.3) is 0 Å². The number of aromatic nitrogens is 5. The van der Waals surface area contributed by atoms with Gasteiger partial charge < -0.3 is 15.6 Å². The molecule has 2 rings (SSSR count). The van der Waals surface area contributed by atoms with Crippen molar-refractivity contribution in [3.63, 3.8) is 0 Å². The Hall–Kier alpha value is -2.58. The Bertz CT molecular complexity index is 743. The molecule has 0 saturated carbocycles. The van der Waals surface area contributed by atoms with E-state index in [4.69, 9.17) is 5.73 Å². The van der Waals surface area contributed by atoms with Crippen molar-refractivity contribution in [2.45, 2.75) is 32.9 Å². The van der Waals surface area contributed by atoms with Crippen LogP contribution in [0.15, 0.2) is 15.9 Å². The molecule has 21 heavy (non-hydrogen) atoms. The summed E-state index contributed by atoms with van der Waals surface area (Å²) in [7, 11) is 1.80. The fourth-order valence-corrected chi connectivity index (χ4v) is 2.14. The van der Waals surface area contributed by atoms with E-state index < -0.39 is 11.2 Å². The maximum Gasteiger partial charge on any atom is 0.330 e. The molecule has 9 heteroatoms. The van der Waals surface area contributed by atoms with Gasteiger partial charge in [-0.1, -0.05) is 6.92 Å². The lowest BCUT2D eigenvalue weighted by Crippen LogP contribution is -2.34. The van der Waals surface area contributed by atoms with Crippen molar-refractivity contribution < 1.29 is 0 Å². The number of anilines is 2. The smallest absolute Gasteiger partial charge is 0.330 e. The number of rotatable bonds is 5. The molecule has 114 valence electrons. The van der Waals surface area contributed by atoms with Crippen LogP contribution in [-0.4, -0.2) is 24.3 Å². The number of nitrogen functional groups attached to an aromatic ring is 1. The first kappa shape index (κ1) is 14.8. The number of hydrogen-bond acceptors (Lipinski definition) is 6. The Morgan fingerprint density at radius 2 is 2.19 bits per heavy atom. The van der Waals surface area contributed by atoms with Crippen LogP contribution in [0.5, 0.6) is 0 Å². The fourth-order valence-electron chi connectivity index (χ4n) is 2.14. The molecule has 0 aliphatic carbocycles. The summed E-state index contributed by atoms with van der Waals surface area (Å²) in [6.45, 7) is 4.19. The second kappa shape index (κ2) is 5.81. The SMILES string of the molecule is CCCn1c(N)c(NC(C)c2nncn2C)c(=O)[nH]c1=O. The van der Waals surface area contributed by atoms with Gasteiger partial charge in [0, 0.05) is 13.6 Å². The Kier molecular flexibility index (Phi) is 4.10. The van der Waals surface area contributed by atoms with Crippen LogP contribution < -0.4 is 22.3 Å². The fraction of sp³-hybridized carbons (Fsp3) is 0.500. The molecule has 0 aromatic carbocycles. The lowest BCUT2D eigenvalue weighted by Gasteiger charge is -2.17. The Morgan fingerprint density at radius 3 is 2.76 bits per heavy atom. The molecule has 4 N–H and O–H groups in total. The molecule has 0 aliphatic rings. The van der Waals surface area contributed by atoms with Gasteiger partial charge in [0.2, 0.25) is 0 Å². The Labute approximate surface area is 120 Å². The summed E-state index contributed by atoms with van der Waals surface area (Å²) in [5.41, 5.74) is 5.07. The largest absolute Gasteiger partial charge is 0.383 e. The van der Waals surface area contributed by atoms with E-state index >= 15 is 0 Å². The van der Waals surface area contributed by atoms with Crippen molar-refractivity contribution in [1.29, 1.82) is 0 Å². The van der Waals surface area contributed by atoms with Gasteiger partial charge in [-0.15, -0.1) is 10.2 Å². The van der Waals surface area contributed by atoms with Crippen LogP contribution in [0, 0.1) is 0 Å². The average Bonchev–Trinajstić information content (AvgIpc) is 2.85. The highest BCUT2D eigenvalue weighted by Gasteiger charge is 2.17. The molecule has 2 heterocycles. The minimum Gasteiger partial charge on any atom is -0.383 e. The van der Waals surface area contributed by atoms with Gasteiger partial charge in [0.25, 0.3) is 5.56 Å². The lowest BCUT2D eigenvalue weighted by atomic mass is 10.3. The molecule has 0 aliphatic heterocycles. The number of nitrogens with two attached hydrogens (primary N) is 1. The summed E-state index contributed by atoms with van der Waals surface area (Å²) in [6.07, 6.45) is 2.30. The number of nitrogens with zero attached hydrogens (tertiary/aromatic N) is 4. The normalized spacial score (nSPS) is 12.3. The molecular weight excluding hydrogens is 274 g/mol. The molecule has 1 unspecified atom stereocenters. The van der Waals surface area contributed by atoms with Crippen LogP contribution >= 0.6 is 0 Å². The number of nitrogens with one attached hydrogen (secondary N) is 2. The first-order valence-corrected chi connectivity index (χ1v) is 6.68. The average molecular weight is 293 g/mol. The predicted octanol–water partition coefficient (Wildman–Crippen LogP) is -0.170. The summed E-state index contributed by atoms with van der Waals surface area (Å²) in [5, 5.41) is 10.8. The van der Waals surface area contributed by atoms with Crippen molar-refractivity contribution in [2.24, 2.45) is 7.05 Å². The van der Waals surface area contributed by atoms with E-state index in [0.717, 1.165) is 6.42 Å². The molecule has 2 aromatic rings. The summed E-state index contributed by atoms with van der Waals surface area (Å²) >= 11 is 0. The molecule has 0 radical (unpaired) electrons. The summed E-state index contributed by atoms with van der Waals surface area (Å²) in [6, 6.07) is -0.284. The van der Waals surface area contributed by atoms with Gasteiger partial charge in [-0.2, -0.15) is 0 Å². The van der Waals surface area contributed by atoms with Crippen molar-refractivity contribution in [2.75, 3.05) is 11.1 Å². The van der Waals surface area contributed by atoms with Crippen LogP contribution in [0.3, 0.4) is 0 Å². The van der Waals surface area contributed by atoms with Crippen molar-refractivity contribution in [3.05, 3.63) is 33.0 Å². The number of hydrogen-bond donors (Lipinski definition) is 3. The number of aromatic amines is 1. The topological polar surface area (TPSA) is 124 Å². The quantitative estimate of drug-likeness (QED) is 0.703. The van der Waals surface area contributed by atoms with Crippen LogP contribution in [-0.2, 0) is 13.6 Å². The van der Waals surface area contributed by atoms with E-state index in [0.29, 0.717) is 12.4 Å². The molecule has 0 bridgehead atoms. The van der Waals surface area contributed by atoms with Crippen LogP contribution in [0.4, 0.5) is 11.5 Å². The molecule has 0 amide bonds. The van der Waals surface area contributed by atoms with E-state index in [1.54, 1.807) is 17.9 Å². The van der Waals surface area contributed by atoms with Crippen LogP contribution in [0.2, 0.25) is 0 Å². The van der Waals surface area contributed by atoms with Crippen molar-refractivity contribution in [3.8, 4) is 0 Å². The highest BCUT2D eigenvalue weighted by atomic mass is 16.2. The van der Waals surface area contributed by atoms with Gasteiger partial charge in [-0.05, 0) is 13.3 Å². The third-order valence-electron chi connectivity index (χ3n) is 3.18. The van der Waals surface area contributed by atoms with Crippen LogP contribution in [0.1, 0.15) is 32.1 Å². The van der Waals surface area contributed by atoms with Gasteiger partial charge in [0.05, 0.1) is 6.04 Å². The lowest BCUT2D eigenvalue weighted by molar-refractivity contribution is 0.639. The van der Waals surface area contributed by atoms with Crippen molar-refractivity contribution in [1.82, 2.24) is 24.3 Å². The highest BCUT2D eigenvalue weighted by molar-refractivity contribution is 5.61. The van der Waals surface area contributed by atoms with E-state index in [-0.39, 0.29) is 17.5 Å². The molecular formula is C12H19N7O2. The standard InChI is InChI=1S/C12H19N7O2/c1-4-5-19-9(13)8(11(20)16-12(19)21)15-7(2)10-17-14-6-18(10)3/h6-7,15H,4-5,13H2,1-3H3,(H,16,20,21). The minimum atomic E-state index is -0.543. The zero-order chi connectivity index (χ0) is 15.6. The van der Waals surface area contributed by atoms with Gasteiger partial charge in [0.15, 0.2) is 5.82 Å². The molecule has 2 aromatic heterocycles. The molecule has 1 atom stereocenters. The van der Waals surface area contributed by atoms with Crippen molar-refractivity contribution >= 4 is 11.5 Å². The molecule has 0 fully saturated rings. The maximum absolute atomic E-state index is 12.0. The second-order valence-electron chi connectivity index (χ2n) is 4.84. The van der Waals surface area contributed by atoms with E-state index in [1.807, 2.05) is 13.8 Å². The number of H-pyrrole nitrogens is 1. The van der Waals surface area contributed by atoms with Gasteiger partial charge in [0.1, 0.15) is 17.8 Å². The number of aryl methyl sites for hydroxylation is 1.